The van der Waals surface area contributed by atoms with Crippen molar-refractivity contribution in [3.8, 4) is 11.5 Å². The molecule has 0 amide bonds. The van der Waals surface area contributed by atoms with Crippen LogP contribution < -0.4 is 14.8 Å². The van der Waals surface area contributed by atoms with Gasteiger partial charge in [0.15, 0.2) is 11.5 Å². The van der Waals surface area contributed by atoms with Gasteiger partial charge in [-0.1, -0.05) is 15.9 Å². The van der Waals surface area contributed by atoms with E-state index in [0.717, 1.165) is 41.4 Å². The van der Waals surface area contributed by atoms with Gasteiger partial charge < -0.3 is 14.8 Å². The normalized spacial score (nSPS) is 20.1. The molecule has 1 saturated heterocycles. The van der Waals surface area contributed by atoms with E-state index in [9.17, 15) is 0 Å². The number of nitrogens with one attached hydrogen (secondary N) is 1. The largest absolute Gasteiger partial charge is 0.493 e. The lowest BCUT2D eigenvalue weighted by atomic mass is 9.91. The van der Waals surface area contributed by atoms with Gasteiger partial charge in [-0.05, 0) is 75.2 Å². The maximum Gasteiger partial charge on any atom is 0.161 e. The average Bonchev–Trinajstić information content (AvgIpc) is 2.46. The standard InChI is InChI=1S/C17H24BrNO2/c1-20-16-11-15(18)13(9-12-5-7-19-8-6-12)10-17(16)21-14-3-2-4-14/h10-12,14,19H,2-9H2,1H3. The Hall–Kier alpha value is -0.740. The summed E-state index contributed by atoms with van der Waals surface area (Å²) in [7, 11) is 1.71. The summed E-state index contributed by atoms with van der Waals surface area (Å²) in [6.45, 7) is 2.29. The van der Waals surface area contributed by atoms with Crippen LogP contribution in [0.25, 0.3) is 0 Å². The van der Waals surface area contributed by atoms with Gasteiger partial charge in [0.2, 0.25) is 0 Å². The molecule has 1 aliphatic carbocycles. The van der Waals surface area contributed by atoms with Crippen molar-refractivity contribution in [1.29, 1.82) is 0 Å². The number of hydrogen-bond acceptors (Lipinski definition) is 3. The Labute approximate surface area is 135 Å². The van der Waals surface area contributed by atoms with Crippen molar-refractivity contribution in [3.05, 3.63) is 22.2 Å². The number of rotatable bonds is 5. The lowest BCUT2D eigenvalue weighted by Crippen LogP contribution is -2.28. The summed E-state index contributed by atoms with van der Waals surface area (Å²) in [6, 6.07) is 4.24. The fourth-order valence-corrected chi connectivity index (χ4v) is 3.53. The molecule has 116 valence electrons. The van der Waals surface area contributed by atoms with Gasteiger partial charge in [0, 0.05) is 4.47 Å². The molecule has 3 nitrogen and oxygen atoms in total. The number of piperidine rings is 1. The first-order chi connectivity index (χ1) is 10.3. The van der Waals surface area contributed by atoms with Gasteiger partial charge in [-0.2, -0.15) is 0 Å². The van der Waals surface area contributed by atoms with Gasteiger partial charge in [0.05, 0.1) is 13.2 Å². The zero-order chi connectivity index (χ0) is 14.7. The first-order valence-electron chi connectivity index (χ1n) is 8.00. The minimum atomic E-state index is 0.381. The Morgan fingerprint density at radius 1 is 1.14 bits per heavy atom. The SMILES string of the molecule is COc1cc(Br)c(CC2CCNCC2)cc1OC1CCC1. The summed E-state index contributed by atoms with van der Waals surface area (Å²) in [5.41, 5.74) is 1.34. The molecule has 1 saturated carbocycles. The maximum absolute atomic E-state index is 6.10. The van der Waals surface area contributed by atoms with Crippen LogP contribution in [0, 0.1) is 5.92 Å². The molecule has 0 bridgehead atoms. The van der Waals surface area contributed by atoms with E-state index in [1.807, 2.05) is 0 Å². The van der Waals surface area contributed by atoms with Crippen LogP contribution >= 0.6 is 15.9 Å². The molecular formula is C17H24BrNO2. The zero-order valence-corrected chi connectivity index (χ0v) is 14.2. The molecule has 21 heavy (non-hydrogen) atoms. The second kappa shape index (κ2) is 7.01. The predicted octanol–water partition coefficient (Wildman–Crippen LogP) is 3.93. The maximum atomic E-state index is 6.10. The molecule has 0 spiro atoms. The van der Waals surface area contributed by atoms with E-state index in [-0.39, 0.29) is 0 Å². The summed E-state index contributed by atoms with van der Waals surface area (Å²) in [4.78, 5) is 0. The quantitative estimate of drug-likeness (QED) is 0.869. The van der Waals surface area contributed by atoms with Crippen LogP contribution in [-0.4, -0.2) is 26.3 Å². The van der Waals surface area contributed by atoms with Gasteiger partial charge in [-0.25, -0.2) is 0 Å². The van der Waals surface area contributed by atoms with Crippen molar-refractivity contribution >= 4 is 15.9 Å². The van der Waals surface area contributed by atoms with Crippen molar-refractivity contribution in [2.45, 2.75) is 44.6 Å². The van der Waals surface area contributed by atoms with Crippen LogP contribution in [0.5, 0.6) is 11.5 Å². The first-order valence-corrected chi connectivity index (χ1v) is 8.79. The summed E-state index contributed by atoms with van der Waals surface area (Å²) >= 11 is 3.70. The summed E-state index contributed by atoms with van der Waals surface area (Å²) in [6.07, 6.45) is 7.64. The van der Waals surface area contributed by atoms with Crippen LogP contribution in [0.15, 0.2) is 16.6 Å². The topological polar surface area (TPSA) is 30.5 Å². The predicted molar refractivity (Wildman–Crippen MR) is 88.3 cm³/mol. The van der Waals surface area contributed by atoms with Gasteiger partial charge in [-0.15, -0.1) is 0 Å². The highest BCUT2D eigenvalue weighted by atomic mass is 79.9. The third-order valence-electron chi connectivity index (χ3n) is 4.65. The summed E-state index contributed by atoms with van der Waals surface area (Å²) < 4.78 is 12.7. The Morgan fingerprint density at radius 2 is 1.90 bits per heavy atom. The number of benzene rings is 1. The van der Waals surface area contributed by atoms with Crippen LogP contribution in [0.3, 0.4) is 0 Å². The van der Waals surface area contributed by atoms with E-state index in [2.05, 4.69) is 33.4 Å². The highest BCUT2D eigenvalue weighted by molar-refractivity contribution is 9.10. The molecule has 2 fully saturated rings. The molecule has 0 aromatic heterocycles. The molecular weight excluding hydrogens is 330 g/mol. The number of hydrogen-bond donors (Lipinski definition) is 1. The van der Waals surface area contributed by atoms with Crippen molar-refractivity contribution in [2.75, 3.05) is 20.2 Å². The van der Waals surface area contributed by atoms with Crippen LogP contribution in [0.1, 0.15) is 37.7 Å². The van der Waals surface area contributed by atoms with Gasteiger partial charge >= 0.3 is 0 Å². The van der Waals surface area contributed by atoms with E-state index in [0.29, 0.717) is 6.10 Å². The number of ether oxygens (including phenoxy) is 2. The molecule has 1 heterocycles. The van der Waals surface area contributed by atoms with E-state index in [1.54, 1.807) is 7.11 Å². The van der Waals surface area contributed by atoms with Crippen molar-refractivity contribution in [2.24, 2.45) is 5.92 Å². The van der Waals surface area contributed by atoms with E-state index in [1.165, 1.54) is 37.7 Å². The molecule has 3 rings (SSSR count). The average molecular weight is 354 g/mol. The Balaban J connectivity index is 1.76. The fraction of sp³-hybridized carbons (Fsp3) is 0.647. The molecule has 1 aromatic rings. The Kier molecular flexibility index (Phi) is 5.07. The number of halogens is 1. The van der Waals surface area contributed by atoms with Crippen molar-refractivity contribution < 1.29 is 9.47 Å². The first kappa shape index (κ1) is 15.2. The van der Waals surface area contributed by atoms with Crippen LogP contribution in [0.4, 0.5) is 0 Å². The Morgan fingerprint density at radius 3 is 2.52 bits per heavy atom. The van der Waals surface area contributed by atoms with Gasteiger partial charge in [-0.3, -0.25) is 0 Å². The monoisotopic (exact) mass is 353 g/mol. The molecule has 4 heteroatoms. The molecule has 0 unspecified atom stereocenters. The second-order valence-electron chi connectivity index (χ2n) is 6.16. The third kappa shape index (κ3) is 3.72. The Bertz CT molecular complexity index is 482. The van der Waals surface area contributed by atoms with Gasteiger partial charge in [0.25, 0.3) is 0 Å². The number of methoxy groups -OCH3 is 1. The smallest absolute Gasteiger partial charge is 0.161 e. The molecule has 1 N–H and O–H groups in total. The highest BCUT2D eigenvalue weighted by Gasteiger charge is 2.22. The second-order valence-corrected chi connectivity index (χ2v) is 7.02. The van der Waals surface area contributed by atoms with Crippen LogP contribution in [0.2, 0.25) is 0 Å². The minimum absolute atomic E-state index is 0.381. The lowest BCUT2D eigenvalue weighted by Gasteiger charge is -2.28. The fourth-order valence-electron chi connectivity index (χ4n) is 3.05. The zero-order valence-electron chi connectivity index (χ0n) is 12.7. The molecule has 0 atom stereocenters. The summed E-state index contributed by atoms with van der Waals surface area (Å²) in [5, 5.41) is 3.43. The summed E-state index contributed by atoms with van der Waals surface area (Å²) in [5.74, 6) is 2.52. The van der Waals surface area contributed by atoms with Gasteiger partial charge in [0.1, 0.15) is 0 Å². The van der Waals surface area contributed by atoms with E-state index in [4.69, 9.17) is 9.47 Å². The van der Waals surface area contributed by atoms with Crippen LogP contribution in [-0.2, 0) is 6.42 Å². The third-order valence-corrected chi connectivity index (χ3v) is 5.38. The molecule has 1 aromatic carbocycles. The molecule has 2 aliphatic rings. The van der Waals surface area contributed by atoms with E-state index < -0.39 is 0 Å². The van der Waals surface area contributed by atoms with Crippen molar-refractivity contribution in [3.63, 3.8) is 0 Å². The molecule has 1 aliphatic heterocycles. The minimum Gasteiger partial charge on any atom is -0.493 e. The van der Waals surface area contributed by atoms with Crippen molar-refractivity contribution in [1.82, 2.24) is 5.32 Å². The lowest BCUT2D eigenvalue weighted by molar-refractivity contribution is 0.116. The van der Waals surface area contributed by atoms with E-state index >= 15 is 0 Å². The highest BCUT2D eigenvalue weighted by Crippen LogP contribution is 2.37. The molecule has 0 radical (unpaired) electrons.